The summed E-state index contributed by atoms with van der Waals surface area (Å²) >= 11 is 0. The summed E-state index contributed by atoms with van der Waals surface area (Å²) < 4.78 is 10.6. The molecule has 2 heterocycles. The Bertz CT molecular complexity index is 682. The Morgan fingerprint density at radius 2 is 1.72 bits per heavy atom. The van der Waals surface area contributed by atoms with Crippen molar-refractivity contribution in [3.05, 3.63) is 35.4 Å². The molecule has 5 atom stereocenters. The molecule has 3 rings (SSSR count). The van der Waals surface area contributed by atoms with Crippen LogP contribution >= 0.6 is 0 Å². The lowest BCUT2D eigenvalue weighted by Crippen LogP contribution is -2.59. The van der Waals surface area contributed by atoms with Crippen LogP contribution in [-0.2, 0) is 14.3 Å². The number of hydrogen-bond donors (Lipinski definition) is 1. The number of hydrogen-bond acceptors (Lipinski definition) is 6. The molecule has 0 radical (unpaired) electrons. The maximum Gasteiger partial charge on any atom is 0.302 e. The molecule has 1 saturated heterocycles. The van der Waals surface area contributed by atoms with Crippen molar-refractivity contribution in [2.45, 2.75) is 39.2 Å². The molecule has 2 aliphatic heterocycles. The van der Waals surface area contributed by atoms with Crippen LogP contribution in [0.5, 0.6) is 0 Å². The molecule has 2 aliphatic rings. The third-order valence-corrected chi connectivity index (χ3v) is 5.14. The number of imide groups is 1. The quantitative estimate of drug-likeness (QED) is 0.652. The first kappa shape index (κ1) is 17.6. The largest absolute Gasteiger partial charge is 0.463 e. The van der Waals surface area contributed by atoms with Crippen molar-refractivity contribution < 1.29 is 29.0 Å². The van der Waals surface area contributed by atoms with Crippen LogP contribution in [0.25, 0.3) is 0 Å². The number of ether oxygens (including phenoxy) is 2. The molecule has 0 aliphatic carbocycles. The Balaban J connectivity index is 1.83. The summed E-state index contributed by atoms with van der Waals surface area (Å²) in [4.78, 5) is 37.4. The Morgan fingerprint density at radius 1 is 1.16 bits per heavy atom. The topological polar surface area (TPSA) is 93.1 Å². The second kappa shape index (κ2) is 6.57. The number of aliphatic hydroxyl groups is 1. The lowest BCUT2D eigenvalue weighted by atomic mass is 9.81. The second-order valence-electron chi connectivity index (χ2n) is 6.60. The molecule has 1 fully saturated rings. The van der Waals surface area contributed by atoms with Gasteiger partial charge in [-0.25, -0.2) is 0 Å². The fourth-order valence-electron chi connectivity index (χ4n) is 3.52. The van der Waals surface area contributed by atoms with Crippen molar-refractivity contribution in [2.75, 3.05) is 6.61 Å². The smallest absolute Gasteiger partial charge is 0.302 e. The molecule has 1 aromatic carbocycles. The number of carbonyl (C=O) groups excluding carboxylic acids is 3. The number of rotatable bonds is 3. The average molecular weight is 347 g/mol. The van der Waals surface area contributed by atoms with E-state index in [9.17, 15) is 19.5 Å². The highest BCUT2D eigenvalue weighted by Crippen LogP contribution is 2.37. The highest BCUT2D eigenvalue weighted by atomic mass is 16.6. The first-order valence-electron chi connectivity index (χ1n) is 8.26. The van der Waals surface area contributed by atoms with Crippen LogP contribution in [0.1, 0.15) is 41.5 Å². The molecule has 7 heteroatoms. The van der Waals surface area contributed by atoms with Gasteiger partial charge in [-0.15, -0.1) is 0 Å². The molecule has 0 aromatic heterocycles. The van der Waals surface area contributed by atoms with Gasteiger partial charge in [-0.1, -0.05) is 26.0 Å². The predicted molar refractivity (Wildman–Crippen MR) is 86.6 cm³/mol. The van der Waals surface area contributed by atoms with E-state index >= 15 is 0 Å². The third kappa shape index (κ3) is 2.94. The molecule has 134 valence electrons. The summed E-state index contributed by atoms with van der Waals surface area (Å²) in [5.41, 5.74) is 0.670. The first-order chi connectivity index (χ1) is 11.8. The Kier molecular flexibility index (Phi) is 4.62. The van der Waals surface area contributed by atoms with Gasteiger partial charge in [0.25, 0.3) is 11.8 Å². The Hall–Kier alpha value is -2.25. The van der Waals surface area contributed by atoms with Crippen LogP contribution in [0.4, 0.5) is 0 Å². The minimum absolute atomic E-state index is 0.0206. The number of carbonyl (C=O) groups is 3. The van der Waals surface area contributed by atoms with Gasteiger partial charge in [0, 0.05) is 6.92 Å². The zero-order chi connectivity index (χ0) is 18.3. The number of amides is 2. The number of nitrogens with zero attached hydrogens (tertiary/aromatic N) is 1. The standard InChI is InChI=1S/C18H21NO6/c1-9-10(2)15(18(23)25-14(9)8-24-11(3)20)19-16(21)12-6-4-5-7-13(12)17(19)22/h4-7,9-10,14-15,18,23H,8H2,1-3H3/t9-,10?,14?,15-,18?/m0/s1. The van der Waals surface area contributed by atoms with E-state index in [-0.39, 0.29) is 18.4 Å². The van der Waals surface area contributed by atoms with Gasteiger partial charge in [-0.2, -0.15) is 0 Å². The molecular formula is C18H21NO6. The van der Waals surface area contributed by atoms with Crippen molar-refractivity contribution in [1.82, 2.24) is 4.90 Å². The minimum Gasteiger partial charge on any atom is -0.463 e. The molecule has 0 bridgehead atoms. The molecule has 25 heavy (non-hydrogen) atoms. The summed E-state index contributed by atoms with van der Waals surface area (Å²) in [5.74, 6) is -1.64. The van der Waals surface area contributed by atoms with Crippen molar-refractivity contribution in [3.63, 3.8) is 0 Å². The van der Waals surface area contributed by atoms with Gasteiger partial charge in [0.2, 0.25) is 0 Å². The van der Waals surface area contributed by atoms with Crippen molar-refractivity contribution in [2.24, 2.45) is 11.8 Å². The van der Waals surface area contributed by atoms with Gasteiger partial charge in [-0.3, -0.25) is 19.3 Å². The molecule has 0 saturated carbocycles. The van der Waals surface area contributed by atoms with Crippen molar-refractivity contribution in [1.29, 1.82) is 0 Å². The van der Waals surface area contributed by atoms with E-state index in [1.807, 2.05) is 13.8 Å². The second-order valence-corrected chi connectivity index (χ2v) is 6.60. The molecule has 1 aromatic rings. The molecule has 2 amide bonds. The van der Waals surface area contributed by atoms with E-state index in [4.69, 9.17) is 9.47 Å². The van der Waals surface area contributed by atoms with Gasteiger partial charge in [-0.05, 0) is 24.0 Å². The van der Waals surface area contributed by atoms with Crippen molar-refractivity contribution in [3.8, 4) is 0 Å². The van der Waals surface area contributed by atoms with Crippen LogP contribution in [-0.4, -0.2) is 52.8 Å². The monoisotopic (exact) mass is 347 g/mol. The van der Waals surface area contributed by atoms with E-state index in [1.54, 1.807) is 24.3 Å². The highest BCUT2D eigenvalue weighted by Gasteiger charge is 2.50. The lowest BCUT2D eigenvalue weighted by molar-refractivity contribution is -0.233. The number of benzene rings is 1. The van der Waals surface area contributed by atoms with Crippen LogP contribution < -0.4 is 0 Å². The zero-order valence-corrected chi connectivity index (χ0v) is 14.3. The summed E-state index contributed by atoms with van der Waals surface area (Å²) in [6, 6.07) is 5.80. The average Bonchev–Trinajstić information content (AvgIpc) is 2.82. The van der Waals surface area contributed by atoms with E-state index in [2.05, 4.69) is 0 Å². The summed E-state index contributed by atoms with van der Waals surface area (Å²) in [7, 11) is 0. The van der Waals surface area contributed by atoms with E-state index in [0.29, 0.717) is 11.1 Å². The van der Waals surface area contributed by atoms with Crippen molar-refractivity contribution >= 4 is 17.8 Å². The molecule has 0 spiro atoms. The van der Waals surface area contributed by atoms with E-state index in [0.717, 1.165) is 4.90 Å². The normalized spacial score (nSPS) is 31.8. The molecule has 7 nitrogen and oxygen atoms in total. The maximum atomic E-state index is 12.7. The zero-order valence-electron chi connectivity index (χ0n) is 14.3. The fraction of sp³-hybridized carbons (Fsp3) is 0.500. The van der Waals surface area contributed by atoms with Crippen LogP contribution in [0, 0.1) is 11.8 Å². The van der Waals surface area contributed by atoms with Crippen LogP contribution in [0.2, 0.25) is 0 Å². The van der Waals surface area contributed by atoms with Crippen LogP contribution in [0.15, 0.2) is 24.3 Å². The number of fused-ring (bicyclic) bond motifs is 1. The Labute approximate surface area is 145 Å². The number of aliphatic hydroxyl groups excluding tert-OH is 1. The summed E-state index contributed by atoms with van der Waals surface area (Å²) in [6.07, 6.45) is -1.84. The summed E-state index contributed by atoms with van der Waals surface area (Å²) in [5, 5.41) is 10.5. The van der Waals surface area contributed by atoms with Crippen LogP contribution in [0.3, 0.4) is 0 Å². The van der Waals surface area contributed by atoms with Gasteiger partial charge < -0.3 is 14.6 Å². The predicted octanol–water partition coefficient (Wildman–Crippen LogP) is 1.20. The SMILES string of the molecule is CC(=O)OCC1OC(O)[C@@H](N2C(=O)c3ccccc3C2=O)C(C)[C@@H]1C. The van der Waals surface area contributed by atoms with Gasteiger partial charge in [0.1, 0.15) is 6.61 Å². The van der Waals surface area contributed by atoms with Gasteiger partial charge in [0.15, 0.2) is 6.29 Å². The molecule has 3 unspecified atom stereocenters. The molecular weight excluding hydrogens is 326 g/mol. The summed E-state index contributed by atoms with van der Waals surface area (Å²) in [6.45, 7) is 5.06. The highest BCUT2D eigenvalue weighted by molar-refractivity contribution is 6.21. The fourth-order valence-corrected chi connectivity index (χ4v) is 3.52. The number of esters is 1. The van der Waals surface area contributed by atoms with Gasteiger partial charge in [0.05, 0.1) is 23.3 Å². The van der Waals surface area contributed by atoms with Gasteiger partial charge >= 0.3 is 5.97 Å². The first-order valence-corrected chi connectivity index (χ1v) is 8.26. The lowest BCUT2D eigenvalue weighted by Gasteiger charge is -2.45. The van der Waals surface area contributed by atoms with E-state index < -0.39 is 36.2 Å². The minimum atomic E-state index is -1.34. The van der Waals surface area contributed by atoms with E-state index in [1.165, 1.54) is 6.92 Å². The Morgan fingerprint density at radius 3 is 2.24 bits per heavy atom. The third-order valence-electron chi connectivity index (χ3n) is 5.14. The maximum absolute atomic E-state index is 12.7. The molecule has 1 N–H and O–H groups in total.